The third-order valence-electron chi connectivity index (χ3n) is 4.49. The summed E-state index contributed by atoms with van der Waals surface area (Å²) in [5.74, 6) is 0.965. The molecule has 0 aliphatic carbocycles. The monoisotopic (exact) mass is 447 g/mol. The zero-order valence-corrected chi connectivity index (χ0v) is 18.6. The minimum Gasteiger partial charge on any atom is -0.493 e. The Hall–Kier alpha value is -2.20. The summed E-state index contributed by atoms with van der Waals surface area (Å²) in [5.41, 5.74) is 4.91. The Morgan fingerprint density at radius 3 is 2.38 bits per heavy atom. The van der Waals surface area contributed by atoms with Crippen molar-refractivity contribution in [3.63, 3.8) is 0 Å². The van der Waals surface area contributed by atoms with Crippen LogP contribution in [-0.2, 0) is 6.61 Å². The summed E-state index contributed by atoms with van der Waals surface area (Å²) in [6.45, 7) is 4.37. The zero-order valence-electron chi connectivity index (χ0n) is 16.3. The van der Waals surface area contributed by atoms with Gasteiger partial charge >= 0.3 is 0 Å². The van der Waals surface area contributed by atoms with E-state index in [0.29, 0.717) is 26.6 Å². The molecular weight excluding hydrogens is 429 g/mol. The molecule has 0 fully saturated rings. The van der Waals surface area contributed by atoms with Crippen molar-refractivity contribution in [1.82, 2.24) is 0 Å². The Labute approximate surface area is 185 Å². The van der Waals surface area contributed by atoms with E-state index in [1.54, 1.807) is 31.5 Å². The number of rotatable bonds is 6. The van der Waals surface area contributed by atoms with Crippen molar-refractivity contribution in [1.29, 1.82) is 0 Å². The number of halogens is 3. The first-order valence-corrected chi connectivity index (χ1v) is 10.1. The van der Waals surface area contributed by atoms with E-state index < -0.39 is 0 Å². The van der Waals surface area contributed by atoms with Crippen LogP contribution >= 0.6 is 34.8 Å². The number of nitrogens with zero attached hydrogens (tertiary/aromatic N) is 1. The molecule has 0 amide bonds. The third kappa shape index (κ3) is 5.45. The van der Waals surface area contributed by atoms with Gasteiger partial charge < -0.3 is 9.47 Å². The minimum atomic E-state index is 0.238. The molecule has 3 aromatic carbocycles. The van der Waals surface area contributed by atoms with Gasteiger partial charge in [0.25, 0.3) is 0 Å². The Morgan fingerprint density at radius 1 is 0.897 bits per heavy atom. The van der Waals surface area contributed by atoms with Crippen molar-refractivity contribution in [3.8, 4) is 11.5 Å². The summed E-state index contributed by atoms with van der Waals surface area (Å²) in [5, 5.41) is 1.53. The van der Waals surface area contributed by atoms with Crippen LogP contribution in [0.5, 0.6) is 11.5 Å². The van der Waals surface area contributed by atoms with Crippen LogP contribution in [0.15, 0.2) is 53.5 Å². The fraction of sp³-hybridized carbons (Fsp3) is 0.174. The molecule has 0 aromatic heterocycles. The molecule has 29 heavy (non-hydrogen) atoms. The first-order valence-electron chi connectivity index (χ1n) is 8.93. The van der Waals surface area contributed by atoms with Crippen LogP contribution in [0.3, 0.4) is 0 Å². The van der Waals surface area contributed by atoms with E-state index in [4.69, 9.17) is 44.3 Å². The summed E-state index contributed by atoms with van der Waals surface area (Å²) >= 11 is 18.6. The standard InChI is InChI=1S/C23H20Cl3NO2/c1-14-4-7-19(8-15(14)2)27-12-16-9-21(26)23(22(10-16)28-3)29-13-17-5-6-18(24)11-20(17)25/h4-12H,13H2,1-3H3. The van der Waals surface area contributed by atoms with Gasteiger partial charge in [-0.1, -0.05) is 46.9 Å². The molecule has 0 heterocycles. The van der Waals surface area contributed by atoms with E-state index in [2.05, 4.69) is 24.9 Å². The average molecular weight is 449 g/mol. The highest BCUT2D eigenvalue weighted by Gasteiger charge is 2.13. The molecule has 6 heteroatoms. The topological polar surface area (TPSA) is 30.8 Å². The molecule has 0 spiro atoms. The predicted octanol–water partition coefficient (Wildman–Crippen LogP) is 7.60. The summed E-state index contributed by atoms with van der Waals surface area (Å²) in [7, 11) is 1.57. The molecule has 150 valence electrons. The average Bonchev–Trinajstić information content (AvgIpc) is 2.69. The maximum Gasteiger partial charge on any atom is 0.180 e. The van der Waals surface area contributed by atoms with Crippen molar-refractivity contribution in [2.45, 2.75) is 20.5 Å². The van der Waals surface area contributed by atoms with Crippen LogP contribution in [0.2, 0.25) is 15.1 Å². The summed E-state index contributed by atoms with van der Waals surface area (Å²) in [6.07, 6.45) is 1.75. The smallest absolute Gasteiger partial charge is 0.180 e. The molecular formula is C23H20Cl3NO2. The van der Waals surface area contributed by atoms with Gasteiger partial charge in [-0.2, -0.15) is 0 Å². The molecule has 0 saturated heterocycles. The fourth-order valence-corrected chi connectivity index (χ4v) is 3.43. The third-order valence-corrected chi connectivity index (χ3v) is 5.36. The Kier molecular flexibility index (Phi) is 7.07. The SMILES string of the molecule is COc1cc(C=Nc2ccc(C)c(C)c2)cc(Cl)c1OCc1ccc(Cl)cc1Cl. The number of benzene rings is 3. The van der Waals surface area contributed by atoms with E-state index in [9.17, 15) is 0 Å². The molecule has 0 N–H and O–H groups in total. The summed E-state index contributed by atoms with van der Waals surface area (Å²) in [6, 6.07) is 14.9. The fourth-order valence-electron chi connectivity index (χ4n) is 2.70. The molecule has 0 radical (unpaired) electrons. The zero-order chi connectivity index (χ0) is 21.0. The lowest BCUT2D eigenvalue weighted by Gasteiger charge is -2.14. The number of aryl methyl sites for hydroxylation is 2. The van der Waals surface area contributed by atoms with Crippen LogP contribution in [0.25, 0.3) is 0 Å². The lowest BCUT2D eigenvalue weighted by molar-refractivity contribution is 0.285. The minimum absolute atomic E-state index is 0.238. The van der Waals surface area contributed by atoms with Crippen molar-refractivity contribution in [2.24, 2.45) is 4.99 Å². The quantitative estimate of drug-likeness (QED) is 0.363. The van der Waals surface area contributed by atoms with Gasteiger partial charge in [0.15, 0.2) is 11.5 Å². The van der Waals surface area contributed by atoms with Crippen molar-refractivity contribution >= 4 is 46.7 Å². The molecule has 0 aliphatic rings. The van der Waals surface area contributed by atoms with Gasteiger partial charge in [-0.15, -0.1) is 0 Å². The van der Waals surface area contributed by atoms with Crippen LogP contribution in [-0.4, -0.2) is 13.3 Å². The van der Waals surface area contributed by atoms with Crippen molar-refractivity contribution in [2.75, 3.05) is 7.11 Å². The first-order chi connectivity index (χ1) is 13.9. The van der Waals surface area contributed by atoms with Gasteiger partial charge in [-0.25, -0.2) is 0 Å². The van der Waals surface area contributed by atoms with Gasteiger partial charge in [0.05, 0.1) is 17.8 Å². The molecule has 0 atom stereocenters. The maximum atomic E-state index is 6.45. The van der Waals surface area contributed by atoms with E-state index in [1.807, 2.05) is 24.3 Å². The first kappa shape index (κ1) is 21.5. The Balaban J connectivity index is 1.81. The second-order valence-electron chi connectivity index (χ2n) is 6.59. The largest absolute Gasteiger partial charge is 0.493 e. The lowest BCUT2D eigenvalue weighted by Crippen LogP contribution is -2.00. The highest BCUT2D eigenvalue weighted by Crippen LogP contribution is 2.37. The Bertz CT molecular complexity index is 1060. The second kappa shape index (κ2) is 9.53. The van der Waals surface area contributed by atoms with Gasteiger partial charge in [0.2, 0.25) is 0 Å². The molecule has 0 bridgehead atoms. The molecule has 0 aliphatic heterocycles. The van der Waals surface area contributed by atoms with E-state index >= 15 is 0 Å². The number of hydrogen-bond acceptors (Lipinski definition) is 3. The lowest BCUT2D eigenvalue weighted by atomic mass is 10.1. The van der Waals surface area contributed by atoms with Gasteiger partial charge in [0.1, 0.15) is 6.61 Å². The van der Waals surface area contributed by atoms with Crippen LogP contribution in [0.1, 0.15) is 22.3 Å². The maximum absolute atomic E-state index is 6.45. The van der Waals surface area contributed by atoms with Crippen LogP contribution in [0.4, 0.5) is 5.69 Å². The van der Waals surface area contributed by atoms with Gasteiger partial charge in [-0.05, 0) is 66.9 Å². The molecule has 0 unspecified atom stereocenters. The summed E-state index contributed by atoms with van der Waals surface area (Å²) < 4.78 is 11.3. The van der Waals surface area contributed by atoms with Crippen molar-refractivity contribution < 1.29 is 9.47 Å². The molecule has 3 aromatic rings. The molecule has 3 nitrogen and oxygen atoms in total. The van der Waals surface area contributed by atoms with E-state index in [-0.39, 0.29) is 6.61 Å². The van der Waals surface area contributed by atoms with Gasteiger partial charge in [0, 0.05) is 21.8 Å². The summed E-state index contributed by atoms with van der Waals surface area (Å²) in [4.78, 5) is 4.53. The number of ether oxygens (including phenoxy) is 2. The van der Waals surface area contributed by atoms with E-state index in [1.165, 1.54) is 11.1 Å². The van der Waals surface area contributed by atoms with E-state index in [0.717, 1.165) is 16.8 Å². The van der Waals surface area contributed by atoms with Crippen LogP contribution < -0.4 is 9.47 Å². The number of methoxy groups -OCH3 is 1. The van der Waals surface area contributed by atoms with Crippen LogP contribution in [0, 0.1) is 13.8 Å². The molecule has 0 saturated carbocycles. The molecule has 3 rings (SSSR count). The highest BCUT2D eigenvalue weighted by atomic mass is 35.5. The number of hydrogen-bond donors (Lipinski definition) is 0. The number of aliphatic imine (C=N–C) groups is 1. The van der Waals surface area contributed by atoms with Gasteiger partial charge in [-0.3, -0.25) is 4.99 Å². The second-order valence-corrected chi connectivity index (χ2v) is 7.84. The highest BCUT2D eigenvalue weighted by molar-refractivity contribution is 6.35. The van der Waals surface area contributed by atoms with Crippen molar-refractivity contribution in [3.05, 3.63) is 85.9 Å². The predicted molar refractivity (Wildman–Crippen MR) is 122 cm³/mol. The Morgan fingerprint density at radius 2 is 1.69 bits per heavy atom. The normalized spacial score (nSPS) is 11.1.